The molecule has 2 unspecified atom stereocenters. The zero-order valence-corrected chi connectivity index (χ0v) is 11.9. The van der Waals surface area contributed by atoms with Gasteiger partial charge in [0, 0.05) is 18.7 Å². The topological polar surface area (TPSA) is 52.5 Å². The molecular formula is C16H25NO2. The van der Waals surface area contributed by atoms with Crippen molar-refractivity contribution in [2.45, 2.75) is 51.7 Å². The maximum Gasteiger partial charge on any atom is 0.120 e. The number of hydrogen-bond donors (Lipinski definition) is 3. The Hall–Kier alpha value is -1.06. The van der Waals surface area contributed by atoms with Crippen LogP contribution in [0.2, 0.25) is 0 Å². The molecule has 1 aliphatic carbocycles. The van der Waals surface area contributed by atoms with Crippen molar-refractivity contribution in [3.8, 4) is 5.75 Å². The van der Waals surface area contributed by atoms with Crippen LogP contribution in [0.3, 0.4) is 0 Å². The monoisotopic (exact) mass is 263 g/mol. The second-order valence-electron chi connectivity index (χ2n) is 6.16. The average molecular weight is 263 g/mol. The van der Waals surface area contributed by atoms with Gasteiger partial charge in [0.2, 0.25) is 0 Å². The fourth-order valence-electron chi connectivity index (χ4n) is 3.08. The molecular weight excluding hydrogens is 238 g/mol. The maximum absolute atomic E-state index is 10.5. The van der Waals surface area contributed by atoms with Crippen LogP contribution < -0.4 is 5.32 Å². The Morgan fingerprint density at radius 2 is 2.21 bits per heavy atom. The molecule has 0 spiro atoms. The molecule has 2 atom stereocenters. The first-order valence-electron chi connectivity index (χ1n) is 7.20. The van der Waals surface area contributed by atoms with Gasteiger partial charge in [0.05, 0.1) is 5.60 Å². The number of benzene rings is 1. The lowest BCUT2D eigenvalue weighted by Crippen LogP contribution is -2.43. The van der Waals surface area contributed by atoms with Crippen molar-refractivity contribution in [1.82, 2.24) is 5.32 Å². The van der Waals surface area contributed by atoms with Gasteiger partial charge < -0.3 is 15.5 Å². The Morgan fingerprint density at radius 1 is 1.42 bits per heavy atom. The minimum absolute atomic E-state index is 0.321. The van der Waals surface area contributed by atoms with Crippen molar-refractivity contribution in [2.24, 2.45) is 5.92 Å². The molecule has 2 rings (SSSR count). The third kappa shape index (κ3) is 3.95. The Kier molecular flexibility index (Phi) is 4.48. The van der Waals surface area contributed by atoms with Crippen molar-refractivity contribution in [3.05, 3.63) is 29.3 Å². The molecule has 0 aliphatic heterocycles. The molecule has 0 heterocycles. The van der Waals surface area contributed by atoms with E-state index in [1.165, 1.54) is 6.42 Å². The normalized spacial score (nSPS) is 27.4. The largest absolute Gasteiger partial charge is 0.508 e. The Labute approximate surface area is 115 Å². The number of aromatic hydroxyl groups is 1. The summed E-state index contributed by atoms with van der Waals surface area (Å²) >= 11 is 0. The van der Waals surface area contributed by atoms with E-state index >= 15 is 0 Å². The zero-order chi connectivity index (χ0) is 13.9. The molecule has 3 heteroatoms. The molecule has 0 bridgehead atoms. The predicted octanol–water partition coefficient (Wildman–Crippen LogP) is 2.73. The Morgan fingerprint density at radius 3 is 2.95 bits per heavy atom. The van der Waals surface area contributed by atoms with Crippen LogP contribution >= 0.6 is 0 Å². The second kappa shape index (κ2) is 5.93. The van der Waals surface area contributed by atoms with E-state index in [4.69, 9.17) is 0 Å². The summed E-state index contributed by atoms with van der Waals surface area (Å²) in [7, 11) is 0. The first-order valence-corrected chi connectivity index (χ1v) is 7.20. The highest BCUT2D eigenvalue weighted by Crippen LogP contribution is 2.31. The summed E-state index contributed by atoms with van der Waals surface area (Å²) in [5.41, 5.74) is 1.46. The summed E-state index contributed by atoms with van der Waals surface area (Å²) in [5.74, 6) is 0.926. The highest BCUT2D eigenvalue weighted by molar-refractivity contribution is 5.35. The summed E-state index contributed by atoms with van der Waals surface area (Å²) in [6.07, 6.45) is 4.08. The standard InChI is InChI=1S/C16H25NO2/c1-12-5-6-15(18)14(8-12)10-17-11-16(19)7-3-4-13(2)9-16/h5-6,8,13,17-19H,3-4,7,9-11H2,1-2H3. The van der Waals surface area contributed by atoms with Gasteiger partial charge in [-0.2, -0.15) is 0 Å². The predicted molar refractivity (Wildman–Crippen MR) is 77.1 cm³/mol. The van der Waals surface area contributed by atoms with Gasteiger partial charge >= 0.3 is 0 Å². The van der Waals surface area contributed by atoms with Gasteiger partial charge in [-0.1, -0.05) is 37.5 Å². The molecule has 1 saturated carbocycles. The number of hydrogen-bond acceptors (Lipinski definition) is 3. The minimum Gasteiger partial charge on any atom is -0.508 e. The van der Waals surface area contributed by atoms with Gasteiger partial charge in [-0.3, -0.25) is 0 Å². The summed E-state index contributed by atoms with van der Waals surface area (Å²) < 4.78 is 0. The van der Waals surface area contributed by atoms with E-state index in [2.05, 4.69) is 12.2 Å². The number of nitrogens with one attached hydrogen (secondary N) is 1. The van der Waals surface area contributed by atoms with E-state index in [1.807, 2.05) is 19.1 Å². The van der Waals surface area contributed by atoms with Crippen LogP contribution in [0.1, 0.15) is 43.7 Å². The van der Waals surface area contributed by atoms with E-state index in [1.54, 1.807) is 6.07 Å². The van der Waals surface area contributed by atoms with Gasteiger partial charge in [-0.05, 0) is 31.7 Å². The first kappa shape index (κ1) is 14.4. The fourth-order valence-corrected chi connectivity index (χ4v) is 3.08. The van der Waals surface area contributed by atoms with Crippen molar-refractivity contribution in [3.63, 3.8) is 0 Å². The minimum atomic E-state index is -0.572. The zero-order valence-electron chi connectivity index (χ0n) is 11.9. The van der Waals surface area contributed by atoms with E-state index in [0.717, 1.165) is 30.4 Å². The molecule has 0 radical (unpaired) electrons. The lowest BCUT2D eigenvalue weighted by molar-refractivity contribution is -0.0119. The highest BCUT2D eigenvalue weighted by Gasteiger charge is 2.31. The molecule has 19 heavy (non-hydrogen) atoms. The summed E-state index contributed by atoms with van der Waals surface area (Å²) in [4.78, 5) is 0. The first-order chi connectivity index (χ1) is 8.98. The van der Waals surface area contributed by atoms with E-state index < -0.39 is 5.60 Å². The number of aryl methyl sites for hydroxylation is 1. The SMILES string of the molecule is Cc1ccc(O)c(CNCC2(O)CCCC(C)C2)c1. The van der Waals surface area contributed by atoms with Crippen molar-refractivity contribution in [2.75, 3.05) is 6.54 Å². The van der Waals surface area contributed by atoms with Crippen LogP contribution in [0.5, 0.6) is 5.75 Å². The summed E-state index contributed by atoms with van der Waals surface area (Å²) in [5, 5.41) is 23.6. The summed E-state index contributed by atoms with van der Waals surface area (Å²) in [6, 6.07) is 5.61. The van der Waals surface area contributed by atoms with Gasteiger partial charge in [0.1, 0.15) is 5.75 Å². The second-order valence-corrected chi connectivity index (χ2v) is 6.16. The van der Waals surface area contributed by atoms with Crippen LogP contribution in [-0.2, 0) is 6.54 Å². The third-order valence-corrected chi connectivity index (χ3v) is 4.07. The van der Waals surface area contributed by atoms with Crippen LogP contribution in [0.25, 0.3) is 0 Å². The third-order valence-electron chi connectivity index (χ3n) is 4.07. The molecule has 3 nitrogen and oxygen atoms in total. The fraction of sp³-hybridized carbons (Fsp3) is 0.625. The van der Waals surface area contributed by atoms with Crippen LogP contribution in [0.4, 0.5) is 0 Å². The van der Waals surface area contributed by atoms with Crippen LogP contribution in [0, 0.1) is 12.8 Å². The van der Waals surface area contributed by atoms with E-state index in [0.29, 0.717) is 24.8 Å². The number of aliphatic hydroxyl groups is 1. The molecule has 1 aliphatic rings. The summed E-state index contributed by atoms with van der Waals surface area (Å²) in [6.45, 7) is 5.42. The lowest BCUT2D eigenvalue weighted by Gasteiger charge is -2.35. The molecule has 0 amide bonds. The molecule has 106 valence electrons. The molecule has 1 aromatic rings. The van der Waals surface area contributed by atoms with Gasteiger partial charge in [-0.25, -0.2) is 0 Å². The van der Waals surface area contributed by atoms with Gasteiger partial charge in [0.15, 0.2) is 0 Å². The van der Waals surface area contributed by atoms with Crippen molar-refractivity contribution < 1.29 is 10.2 Å². The van der Waals surface area contributed by atoms with Gasteiger partial charge in [-0.15, -0.1) is 0 Å². The lowest BCUT2D eigenvalue weighted by atomic mass is 9.79. The molecule has 1 fully saturated rings. The van der Waals surface area contributed by atoms with Crippen molar-refractivity contribution in [1.29, 1.82) is 0 Å². The Bertz CT molecular complexity index is 433. The number of rotatable bonds is 4. The Balaban J connectivity index is 1.87. The van der Waals surface area contributed by atoms with Crippen LogP contribution in [-0.4, -0.2) is 22.4 Å². The maximum atomic E-state index is 10.5. The quantitative estimate of drug-likeness (QED) is 0.783. The van der Waals surface area contributed by atoms with Crippen LogP contribution in [0.15, 0.2) is 18.2 Å². The molecule has 1 aromatic carbocycles. The highest BCUT2D eigenvalue weighted by atomic mass is 16.3. The van der Waals surface area contributed by atoms with Gasteiger partial charge in [0.25, 0.3) is 0 Å². The molecule has 0 saturated heterocycles. The number of phenolic OH excluding ortho intramolecular Hbond substituents is 1. The van der Waals surface area contributed by atoms with E-state index in [-0.39, 0.29) is 0 Å². The molecule has 3 N–H and O–H groups in total. The van der Waals surface area contributed by atoms with Crippen molar-refractivity contribution >= 4 is 0 Å². The smallest absolute Gasteiger partial charge is 0.120 e. The average Bonchev–Trinajstić information content (AvgIpc) is 2.33. The molecule has 0 aromatic heterocycles. The van der Waals surface area contributed by atoms with E-state index in [9.17, 15) is 10.2 Å². The number of phenols is 1.